The first kappa shape index (κ1) is 28.5. The second kappa shape index (κ2) is 12.6. The van der Waals surface area contributed by atoms with Gasteiger partial charge in [-0.15, -0.1) is 0 Å². The number of carbonyl (C=O) groups is 2. The summed E-state index contributed by atoms with van der Waals surface area (Å²) in [4.78, 5) is 24.7. The van der Waals surface area contributed by atoms with Crippen molar-refractivity contribution in [2.75, 3.05) is 20.8 Å². The maximum Gasteiger partial charge on any atom is 0.326 e. The zero-order valence-electron chi connectivity index (χ0n) is 22.3. The van der Waals surface area contributed by atoms with E-state index in [0.717, 1.165) is 40.1 Å². The first-order valence-electron chi connectivity index (χ1n) is 12.6. The largest absolute Gasteiger partial charge is 0.496 e. The van der Waals surface area contributed by atoms with Gasteiger partial charge in [-0.2, -0.15) is 0 Å². The Kier molecular flexibility index (Phi) is 8.96. The van der Waals surface area contributed by atoms with Gasteiger partial charge in [0, 0.05) is 13.0 Å². The number of carboxylic acids is 1. The van der Waals surface area contributed by atoms with Crippen molar-refractivity contribution < 1.29 is 37.7 Å². The molecule has 1 amide bonds. The van der Waals surface area contributed by atoms with Crippen molar-refractivity contribution in [3.8, 4) is 22.6 Å². The summed E-state index contributed by atoms with van der Waals surface area (Å²) in [6.45, 7) is 2.86. The second-order valence-electron chi connectivity index (χ2n) is 9.00. The van der Waals surface area contributed by atoms with Crippen LogP contribution in [-0.4, -0.2) is 43.9 Å². The minimum absolute atomic E-state index is 0.125. The van der Waals surface area contributed by atoms with Gasteiger partial charge in [-0.05, 0) is 58.7 Å². The summed E-state index contributed by atoms with van der Waals surface area (Å²) in [5, 5.41) is 13.6. The van der Waals surface area contributed by atoms with E-state index in [9.17, 15) is 23.5 Å². The Balaban J connectivity index is 1.75. The van der Waals surface area contributed by atoms with Crippen LogP contribution in [0.5, 0.6) is 11.5 Å². The van der Waals surface area contributed by atoms with E-state index < -0.39 is 35.1 Å². The Morgan fingerprint density at radius 3 is 2.10 bits per heavy atom. The van der Waals surface area contributed by atoms with Gasteiger partial charge in [-0.1, -0.05) is 42.5 Å². The van der Waals surface area contributed by atoms with Crippen LogP contribution in [0.1, 0.15) is 28.4 Å². The Morgan fingerprint density at radius 1 is 0.900 bits per heavy atom. The van der Waals surface area contributed by atoms with Gasteiger partial charge in [0.05, 0.1) is 26.4 Å². The number of methoxy groups -OCH3 is 2. The molecule has 0 heterocycles. The van der Waals surface area contributed by atoms with E-state index in [1.54, 1.807) is 26.4 Å². The van der Waals surface area contributed by atoms with Crippen LogP contribution >= 0.6 is 0 Å². The van der Waals surface area contributed by atoms with Crippen molar-refractivity contribution in [1.82, 2.24) is 5.32 Å². The molecule has 0 aliphatic heterocycles. The lowest BCUT2D eigenvalue weighted by Gasteiger charge is -2.19. The number of benzene rings is 4. The number of ether oxygens (including phenoxy) is 3. The molecule has 0 spiro atoms. The lowest BCUT2D eigenvalue weighted by atomic mass is 9.92. The van der Waals surface area contributed by atoms with E-state index in [1.807, 2.05) is 43.3 Å². The predicted octanol–water partition coefficient (Wildman–Crippen LogP) is 5.76. The lowest BCUT2D eigenvalue weighted by Crippen LogP contribution is -2.43. The summed E-state index contributed by atoms with van der Waals surface area (Å²) in [6, 6.07) is 16.3. The van der Waals surface area contributed by atoms with Gasteiger partial charge in [-0.3, -0.25) is 4.79 Å². The van der Waals surface area contributed by atoms with Crippen molar-refractivity contribution >= 4 is 22.6 Å². The zero-order chi connectivity index (χ0) is 28.8. The smallest absolute Gasteiger partial charge is 0.326 e. The summed E-state index contributed by atoms with van der Waals surface area (Å²) < 4.78 is 45.2. The Labute approximate surface area is 230 Å². The van der Waals surface area contributed by atoms with Crippen molar-refractivity contribution in [1.29, 1.82) is 0 Å². The van der Waals surface area contributed by atoms with Gasteiger partial charge in [0.2, 0.25) is 0 Å². The maximum absolute atomic E-state index is 14.1. The predicted molar refractivity (Wildman–Crippen MR) is 147 cm³/mol. The quantitative estimate of drug-likeness (QED) is 0.247. The molecule has 0 saturated carbocycles. The summed E-state index contributed by atoms with van der Waals surface area (Å²) in [7, 11) is 3.13. The van der Waals surface area contributed by atoms with Gasteiger partial charge in [0.1, 0.15) is 34.7 Å². The molecule has 0 aliphatic rings. The minimum atomic E-state index is -1.44. The summed E-state index contributed by atoms with van der Waals surface area (Å²) >= 11 is 0. The lowest BCUT2D eigenvalue weighted by molar-refractivity contribution is -0.139. The maximum atomic E-state index is 14.1. The van der Waals surface area contributed by atoms with Crippen LogP contribution < -0.4 is 14.8 Å². The molecule has 7 nitrogen and oxygen atoms in total. The van der Waals surface area contributed by atoms with Crippen LogP contribution in [0.15, 0.2) is 66.7 Å². The highest BCUT2D eigenvalue weighted by Crippen LogP contribution is 2.43. The van der Waals surface area contributed by atoms with Crippen LogP contribution in [0.4, 0.5) is 8.78 Å². The molecule has 0 radical (unpaired) electrons. The first-order chi connectivity index (χ1) is 19.3. The van der Waals surface area contributed by atoms with Crippen LogP contribution in [0.3, 0.4) is 0 Å². The highest BCUT2D eigenvalue weighted by molar-refractivity contribution is 6.01. The summed E-state index contributed by atoms with van der Waals surface area (Å²) in [6.07, 6.45) is -0.125. The molecule has 0 aromatic heterocycles. The number of rotatable bonds is 11. The number of nitrogens with one attached hydrogen (secondary N) is 1. The Morgan fingerprint density at radius 2 is 1.50 bits per heavy atom. The number of hydrogen-bond donors (Lipinski definition) is 2. The van der Waals surface area contributed by atoms with Gasteiger partial charge >= 0.3 is 5.97 Å². The molecule has 2 N–H and O–H groups in total. The van der Waals surface area contributed by atoms with Crippen molar-refractivity contribution in [3.63, 3.8) is 0 Å². The van der Waals surface area contributed by atoms with E-state index in [-0.39, 0.29) is 6.42 Å². The number of hydrogen-bond acceptors (Lipinski definition) is 5. The zero-order valence-corrected chi connectivity index (χ0v) is 22.3. The Bertz CT molecular complexity index is 1510. The average molecular weight is 550 g/mol. The molecular weight excluding hydrogens is 520 g/mol. The molecule has 0 fully saturated rings. The number of fused-ring (bicyclic) bond motifs is 1. The van der Waals surface area contributed by atoms with Crippen LogP contribution in [0.25, 0.3) is 21.9 Å². The molecule has 4 aromatic carbocycles. The topological polar surface area (TPSA) is 94.1 Å². The van der Waals surface area contributed by atoms with Gasteiger partial charge in [0.25, 0.3) is 5.91 Å². The molecule has 9 heteroatoms. The fourth-order valence-corrected chi connectivity index (χ4v) is 4.67. The van der Waals surface area contributed by atoms with Crippen molar-refractivity contribution in [2.24, 2.45) is 0 Å². The number of aliphatic carboxylic acids is 1. The van der Waals surface area contributed by atoms with Gasteiger partial charge in [-0.25, -0.2) is 13.6 Å². The van der Waals surface area contributed by atoms with Crippen molar-refractivity contribution in [2.45, 2.75) is 26.0 Å². The third kappa shape index (κ3) is 5.89. The fourth-order valence-electron chi connectivity index (χ4n) is 4.67. The second-order valence-corrected chi connectivity index (χ2v) is 9.00. The summed E-state index contributed by atoms with van der Waals surface area (Å²) in [5.74, 6) is -3.49. The summed E-state index contributed by atoms with van der Waals surface area (Å²) in [5.41, 5.74) is 2.17. The first-order valence-corrected chi connectivity index (χ1v) is 12.6. The van der Waals surface area contributed by atoms with Crippen LogP contribution in [0, 0.1) is 11.6 Å². The molecule has 4 rings (SSSR count). The van der Waals surface area contributed by atoms with Gasteiger partial charge in [0.15, 0.2) is 0 Å². The molecule has 0 aliphatic carbocycles. The number of carbonyl (C=O) groups excluding carboxylic acids is 1. The normalized spacial score (nSPS) is 11.7. The molecule has 0 saturated heterocycles. The molecule has 4 aromatic rings. The van der Waals surface area contributed by atoms with E-state index in [4.69, 9.17) is 14.2 Å². The minimum Gasteiger partial charge on any atom is -0.496 e. The fraction of sp³-hybridized carbons (Fsp3) is 0.226. The van der Waals surface area contributed by atoms with E-state index in [1.165, 1.54) is 0 Å². The Hall–Kier alpha value is -4.50. The highest BCUT2D eigenvalue weighted by Gasteiger charge is 2.26. The van der Waals surface area contributed by atoms with E-state index in [0.29, 0.717) is 35.8 Å². The molecular formula is C31H29F2NO6. The molecule has 1 atom stereocenters. The van der Waals surface area contributed by atoms with E-state index >= 15 is 0 Å². The van der Waals surface area contributed by atoms with Crippen LogP contribution in [-0.2, 0) is 22.6 Å². The van der Waals surface area contributed by atoms with Crippen LogP contribution in [0.2, 0.25) is 0 Å². The van der Waals surface area contributed by atoms with Gasteiger partial charge < -0.3 is 24.6 Å². The molecule has 208 valence electrons. The number of halogens is 2. The molecule has 0 unspecified atom stereocenters. The average Bonchev–Trinajstić information content (AvgIpc) is 2.94. The third-order valence-corrected chi connectivity index (χ3v) is 6.54. The SMILES string of the molecule is CCOCc1cc(OC)c(-c2cccc3c(C[C@H](NC(=O)c4c(F)cccc4F)C(=O)O)cccc23)c(OC)c1. The molecule has 40 heavy (non-hydrogen) atoms. The third-order valence-electron chi connectivity index (χ3n) is 6.54. The standard InChI is InChI=1S/C31H29F2NO6/c1-4-40-17-18-14-26(38-2)28(27(15-18)39-3)22-11-6-9-20-19(8-5-10-21(20)22)16-25(31(36)37)34-30(35)29-23(32)12-7-13-24(29)33/h5-15,25H,4,16-17H2,1-3H3,(H,34,35)(H,36,37)/t25-/m0/s1. The van der Waals surface area contributed by atoms with Crippen molar-refractivity contribution in [3.05, 3.63) is 95.1 Å². The highest BCUT2D eigenvalue weighted by atomic mass is 19.1. The number of amides is 1. The number of carboxylic acid groups (broad SMARTS) is 1. The monoisotopic (exact) mass is 549 g/mol. The van der Waals surface area contributed by atoms with E-state index in [2.05, 4.69) is 5.32 Å². The molecule has 0 bridgehead atoms.